The predicted molar refractivity (Wildman–Crippen MR) is 140 cm³/mol. The van der Waals surface area contributed by atoms with Gasteiger partial charge in [0, 0.05) is 23.4 Å². The summed E-state index contributed by atoms with van der Waals surface area (Å²) in [4.78, 5) is 54.0. The molecule has 188 valence electrons. The average molecular weight is 516 g/mol. The molecule has 0 aliphatic carbocycles. The first-order valence-corrected chi connectivity index (χ1v) is 12.8. The van der Waals surface area contributed by atoms with Crippen LogP contribution in [-0.4, -0.2) is 42.4 Å². The minimum Gasteiger partial charge on any atom is -0.452 e. The van der Waals surface area contributed by atoms with Crippen LogP contribution in [-0.2, 0) is 23.9 Å². The van der Waals surface area contributed by atoms with Crippen molar-refractivity contribution in [3.05, 3.63) is 90.5 Å². The zero-order chi connectivity index (χ0) is 25.8. The number of amides is 3. The fraction of sp³-hybridized carbons (Fsp3) is 0.214. The predicted octanol–water partition coefficient (Wildman–Crippen LogP) is 3.70. The van der Waals surface area contributed by atoms with Crippen LogP contribution in [0.2, 0.25) is 0 Å². The van der Waals surface area contributed by atoms with Crippen molar-refractivity contribution in [3.8, 4) is 0 Å². The Morgan fingerprint density at radius 3 is 2.30 bits per heavy atom. The number of esters is 1. The molecule has 3 atom stereocenters. The van der Waals surface area contributed by atoms with Crippen molar-refractivity contribution in [2.24, 2.45) is 0 Å². The van der Waals surface area contributed by atoms with Gasteiger partial charge in [-0.05, 0) is 29.8 Å². The van der Waals surface area contributed by atoms with Crippen molar-refractivity contribution in [1.82, 2.24) is 5.32 Å². The van der Waals surface area contributed by atoms with E-state index in [1.807, 2.05) is 66.7 Å². The van der Waals surface area contributed by atoms with Crippen molar-refractivity contribution < 1.29 is 23.9 Å². The van der Waals surface area contributed by atoms with Crippen LogP contribution in [0.3, 0.4) is 0 Å². The molecule has 1 fully saturated rings. The Hall–Kier alpha value is -4.11. The second kappa shape index (κ2) is 10.9. The summed E-state index contributed by atoms with van der Waals surface area (Å²) < 4.78 is 5.14. The van der Waals surface area contributed by atoms with Gasteiger partial charge in [0.05, 0.1) is 10.9 Å². The number of benzene rings is 3. The molecule has 2 heterocycles. The number of thioether (sulfide) groups is 1. The molecule has 0 unspecified atom stereocenters. The summed E-state index contributed by atoms with van der Waals surface area (Å²) >= 11 is 1.45. The summed E-state index contributed by atoms with van der Waals surface area (Å²) in [6.45, 7) is -0.238. The van der Waals surface area contributed by atoms with Crippen LogP contribution in [0.5, 0.6) is 0 Å². The topological polar surface area (TPSA) is 105 Å². The van der Waals surface area contributed by atoms with Crippen molar-refractivity contribution in [2.45, 2.75) is 35.1 Å². The molecule has 3 aromatic carbocycles. The SMILES string of the molecule is O=C(CN1C(=O)[C@@H](NC(=O)[C@@H]2CCC(=O)O2)[C@@H](c2ccccc2)Sc2ccccc21)Nc1ccccc1. The van der Waals surface area contributed by atoms with Gasteiger partial charge in [0.2, 0.25) is 5.91 Å². The van der Waals surface area contributed by atoms with Crippen molar-refractivity contribution in [3.63, 3.8) is 0 Å². The van der Waals surface area contributed by atoms with Crippen molar-refractivity contribution >= 4 is 46.8 Å². The monoisotopic (exact) mass is 515 g/mol. The quantitative estimate of drug-likeness (QED) is 0.485. The van der Waals surface area contributed by atoms with E-state index in [4.69, 9.17) is 4.74 Å². The average Bonchev–Trinajstić information content (AvgIpc) is 3.32. The van der Waals surface area contributed by atoms with Gasteiger partial charge < -0.3 is 20.3 Å². The van der Waals surface area contributed by atoms with Gasteiger partial charge >= 0.3 is 5.97 Å². The minimum absolute atomic E-state index is 0.158. The Labute approximate surface area is 218 Å². The Balaban J connectivity index is 1.49. The summed E-state index contributed by atoms with van der Waals surface area (Å²) in [6.07, 6.45) is -0.523. The van der Waals surface area contributed by atoms with E-state index in [0.29, 0.717) is 11.4 Å². The number of anilines is 2. The largest absolute Gasteiger partial charge is 0.452 e. The van der Waals surface area contributed by atoms with E-state index in [2.05, 4.69) is 10.6 Å². The van der Waals surface area contributed by atoms with Crippen LogP contribution >= 0.6 is 11.8 Å². The lowest BCUT2D eigenvalue weighted by Crippen LogP contribution is -2.53. The number of ether oxygens (including phenoxy) is 1. The maximum atomic E-state index is 14.1. The second-order valence-electron chi connectivity index (χ2n) is 8.76. The third-order valence-electron chi connectivity index (χ3n) is 6.21. The molecule has 2 aliphatic rings. The lowest BCUT2D eigenvalue weighted by atomic mass is 10.0. The second-order valence-corrected chi connectivity index (χ2v) is 9.94. The third kappa shape index (κ3) is 5.51. The van der Waals surface area contributed by atoms with Crippen molar-refractivity contribution in [1.29, 1.82) is 0 Å². The molecule has 3 amide bonds. The van der Waals surface area contributed by atoms with Gasteiger partial charge in [-0.3, -0.25) is 19.2 Å². The molecule has 37 heavy (non-hydrogen) atoms. The fourth-order valence-corrected chi connectivity index (χ4v) is 5.77. The summed E-state index contributed by atoms with van der Waals surface area (Å²) in [6, 6.07) is 24.8. The van der Waals surface area contributed by atoms with E-state index in [1.165, 1.54) is 16.7 Å². The molecule has 0 bridgehead atoms. The highest BCUT2D eigenvalue weighted by Crippen LogP contribution is 2.45. The number of cyclic esters (lactones) is 1. The van der Waals surface area contributed by atoms with E-state index in [-0.39, 0.29) is 25.3 Å². The van der Waals surface area contributed by atoms with Crippen LogP contribution in [0.15, 0.2) is 89.8 Å². The van der Waals surface area contributed by atoms with Gasteiger partial charge in [-0.15, -0.1) is 11.8 Å². The van der Waals surface area contributed by atoms with E-state index >= 15 is 0 Å². The summed E-state index contributed by atoms with van der Waals surface area (Å²) in [5, 5.41) is 5.20. The molecule has 0 radical (unpaired) electrons. The Morgan fingerprint density at radius 1 is 0.919 bits per heavy atom. The fourth-order valence-electron chi connectivity index (χ4n) is 4.43. The van der Waals surface area contributed by atoms with Gasteiger partial charge in [-0.2, -0.15) is 0 Å². The molecule has 0 spiro atoms. The number of hydrogen-bond acceptors (Lipinski definition) is 6. The number of nitrogens with zero attached hydrogens (tertiary/aromatic N) is 1. The van der Waals surface area contributed by atoms with Gasteiger partial charge in [-0.25, -0.2) is 0 Å². The van der Waals surface area contributed by atoms with Gasteiger partial charge in [-0.1, -0.05) is 60.7 Å². The highest BCUT2D eigenvalue weighted by molar-refractivity contribution is 7.99. The van der Waals surface area contributed by atoms with Gasteiger partial charge in [0.1, 0.15) is 12.6 Å². The normalized spacial score (nSPS) is 21.0. The first kappa shape index (κ1) is 24.6. The van der Waals surface area contributed by atoms with E-state index in [1.54, 1.807) is 18.2 Å². The number of para-hydroxylation sites is 2. The molecule has 3 aromatic rings. The van der Waals surface area contributed by atoms with Crippen LogP contribution < -0.4 is 15.5 Å². The molecule has 0 aromatic heterocycles. The molecular formula is C28H25N3O5S. The van der Waals surface area contributed by atoms with Crippen LogP contribution in [0.1, 0.15) is 23.7 Å². The van der Waals surface area contributed by atoms with E-state index in [0.717, 1.165) is 10.5 Å². The standard InChI is InChI=1S/C28H25N3O5S/c32-23(29-19-11-5-2-6-12-19)17-31-20-13-7-8-14-22(20)37-26(18-9-3-1-4-10-18)25(28(31)35)30-27(34)21-15-16-24(33)36-21/h1-14,21,25-26H,15-17H2,(H,29,32)(H,30,34)/t21-,25-,26+/m0/s1. The number of hydrogen-bond donors (Lipinski definition) is 2. The van der Waals surface area contributed by atoms with E-state index < -0.39 is 35.2 Å². The zero-order valence-corrected chi connectivity index (χ0v) is 20.6. The summed E-state index contributed by atoms with van der Waals surface area (Å²) in [5.74, 6) is -1.75. The number of nitrogens with one attached hydrogen (secondary N) is 2. The minimum atomic E-state index is -1.00. The molecule has 1 saturated heterocycles. The maximum absolute atomic E-state index is 14.1. The van der Waals surface area contributed by atoms with Crippen LogP contribution in [0, 0.1) is 0 Å². The number of carbonyl (C=O) groups is 4. The van der Waals surface area contributed by atoms with Crippen LogP contribution in [0.25, 0.3) is 0 Å². The Morgan fingerprint density at radius 2 is 1.59 bits per heavy atom. The number of rotatable bonds is 6. The summed E-state index contributed by atoms with van der Waals surface area (Å²) in [7, 11) is 0. The Kier molecular flexibility index (Phi) is 7.23. The molecule has 0 saturated carbocycles. The lowest BCUT2D eigenvalue weighted by Gasteiger charge is -2.29. The van der Waals surface area contributed by atoms with Crippen LogP contribution in [0.4, 0.5) is 11.4 Å². The number of carbonyl (C=O) groups excluding carboxylic acids is 4. The van der Waals surface area contributed by atoms with Crippen molar-refractivity contribution in [2.75, 3.05) is 16.8 Å². The molecule has 9 heteroatoms. The molecule has 8 nitrogen and oxygen atoms in total. The summed E-state index contributed by atoms with van der Waals surface area (Å²) in [5.41, 5.74) is 2.05. The van der Waals surface area contributed by atoms with E-state index in [9.17, 15) is 19.2 Å². The number of fused-ring (bicyclic) bond motifs is 1. The first-order valence-electron chi connectivity index (χ1n) is 12.0. The van der Waals surface area contributed by atoms with Gasteiger partial charge in [0.15, 0.2) is 6.10 Å². The first-order chi connectivity index (χ1) is 18.0. The molecular weight excluding hydrogens is 490 g/mol. The smallest absolute Gasteiger partial charge is 0.306 e. The zero-order valence-electron chi connectivity index (χ0n) is 19.8. The molecule has 2 N–H and O–H groups in total. The lowest BCUT2D eigenvalue weighted by molar-refractivity contribution is -0.148. The molecule has 5 rings (SSSR count). The highest BCUT2D eigenvalue weighted by Gasteiger charge is 2.42. The van der Waals surface area contributed by atoms with Gasteiger partial charge in [0.25, 0.3) is 11.8 Å². The third-order valence-corrected chi connectivity index (χ3v) is 7.60. The molecule has 2 aliphatic heterocycles. The highest BCUT2D eigenvalue weighted by atomic mass is 32.2. The maximum Gasteiger partial charge on any atom is 0.306 e. The Bertz CT molecular complexity index is 1320.